The van der Waals surface area contributed by atoms with Crippen molar-refractivity contribution >= 4 is 49.2 Å². The summed E-state index contributed by atoms with van der Waals surface area (Å²) in [6.45, 7) is 0. The van der Waals surface area contributed by atoms with Gasteiger partial charge in [0.2, 0.25) is 0 Å². The molecule has 0 aliphatic heterocycles. The van der Waals surface area contributed by atoms with Crippen LogP contribution in [0.2, 0.25) is 5.02 Å². The van der Waals surface area contributed by atoms with Crippen LogP contribution < -0.4 is 5.32 Å². The second-order valence-corrected chi connectivity index (χ2v) is 5.26. The molecule has 1 aromatic carbocycles. The van der Waals surface area contributed by atoms with Crippen LogP contribution in [0.3, 0.4) is 0 Å². The third kappa shape index (κ3) is 2.38. The van der Waals surface area contributed by atoms with Crippen molar-refractivity contribution in [2.75, 3.05) is 5.32 Å². The second kappa shape index (κ2) is 5.09. The van der Waals surface area contributed by atoms with Gasteiger partial charge in [-0.3, -0.25) is 0 Å². The Morgan fingerprint density at radius 3 is 3.00 bits per heavy atom. The van der Waals surface area contributed by atoms with Crippen molar-refractivity contribution in [3.05, 3.63) is 47.2 Å². The van der Waals surface area contributed by atoms with Gasteiger partial charge in [0.05, 0.1) is 0 Å². The van der Waals surface area contributed by atoms with Crippen molar-refractivity contribution in [2.24, 2.45) is 0 Å². The monoisotopic (exact) mass is 338 g/mol. The van der Waals surface area contributed by atoms with Gasteiger partial charge in [0.1, 0.15) is 0 Å². The Morgan fingerprint density at radius 2 is 2.16 bits per heavy atom. The number of hydrogen-bond donors (Lipinski definition) is 1. The number of hydrogen-bond acceptors (Lipinski definition) is 4. The molecule has 0 atom stereocenters. The molecule has 2 aromatic heterocycles. The Hall–Kier alpha value is -1.75. The van der Waals surface area contributed by atoms with E-state index in [0.717, 1.165) is 11.0 Å². The van der Waals surface area contributed by atoms with Crippen molar-refractivity contribution < 1.29 is 4.79 Å². The number of rotatable bonds is 2. The molecule has 0 unspecified atom stereocenters. The third-order valence-electron chi connectivity index (χ3n) is 2.55. The van der Waals surface area contributed by atoms with Crippen molar-refractivity contribution in [1.82, 2.24) is 12.9 Å². The van der Waals surface area contributed by atoms with E-state index in [1.54, 1.807) is 12.1 Å². The average molecular weight is 338 g/mol. The first-order valence-corrected chi connectivity index (χ1v) is 7.29. The van der Waals surface area contributed by atoms with Gasteiger partial charge in [-0.2, -0.15) is 0 Å². The molecule has 0 aliphatic rings. The Bertz CT molecular complexity index is 758. The van der Waals surface area contributed by atoms with Crippen LogP contribution in [-0.2, 0) is 0 Å². The molecule has 0 saturated carbocycles. The summed E-state index contributed by atoms with van der Waals surface area (Å²) < 4.78 is 8.57. The SMILES string of the molecule is O=C(Nc1cccc2n[se]nc12)c1ccncc1Cl. The van der Waals surface area contributed by atoms with Gasteiger partial charge in [-0.25, -0.2) is 0 Å². The maximum absolute atomic E-state index is 12.1. The minimum absolute atomic E-state index is 0.128. The van der Waals surface area contributed by atoms with Crippen molar-refractivity contribution in [1.29, 1.82) is 0 Å². The number of pyridine rings is 1. The number of aromatic nitrogens is 3. The van der Waals surface area contributed by atoms with E-state index < -0.39 is 0 Å². The number of fused-ring (bicyclic) bond motifs is 1. The summed E-state index contributed by atoms with van der Waals surface area (Å²) in [7, 11) is 0. The normalized spacial score (nSPS) is 10.6. The molecule has 1 N–H and O–H groups in total. The van der Waals surface area contributed by atoms with Crippen molar-refractivity contribution in [2.45, 2.75) is 0 Å². The van der Waals surface area contributed by atoms with Crippen molar-refractivity contribution in [3.63, 3.8) is 0 Å². The molecule has 2 heterocycles. The van der Waals surface area contributed by atoms with Crippen LogP contribution in [0, 0.1) is 0 Å². The van der Waals surface area contributed by atoms with Crippen LogP contribution in [0.4, 0.5) is 5.69 Å². The zero-order valence-corrected chi connectivity index (χ0v) is 12.0. The topological polar surface area (TPSA) is 67.8 Å². The summed E-state index contributed by atoms with van der Waals surface area (Å²) in [5, 5.41) is 3.12. The van der Waals surface area contributed by atoms with E-state index in [0.29, 0.717) is 16.3 Å². The fourth-order valence-corrected chi connectivity index (χ4v) is 3.01. The number of anilines is 1. The number of carbonyl (C=O) groups excluding carboxylic acids is 1. The van der Waals surface area contributed by atoms with Gasteiger partial charge >= 0.3 is 119 Å². The van der Waals surface area contributed by atoms with Crippen LogP contribution in [0.25, 0.3) is 11.0 Å². The number of amides is 1. The molecule has 0 fully saturated rings. The second-order valence-electron chi connectivity index (χ2n) is 3.75. The molecule has 1 amide bonds. The Balaban J connectivity index is 1.95. The first-order chi connectivity index (χ1) is 9.25. The molecule has 19 heavy (non-hydrogen) atoms. The Kier molecular flexibility index (Phi) is 3.29. The average Bonchev–Trinajstić information content (AvgIpc) is 2.88. The number of halogens is 1. The van der Waals surface area contributed by atoms with E-state index in [4.69, 9.17) is 11.6 Å². The number of nitrogens with one attached hydrogen (secondary N) is 1. The van der Waals surface area contributed by atoms with Gasteiger partial charge in [0.15, 0.2) is 0 Å². The Morgan fingerprint density at radius 1 is 1.26 bits per heavy atom. The van der Waals surface area contributed by atoms with Gasteiger partial charge in [-0.1, -0.05) is 0 Å². The third-order valence-corrected chi connectivity index (χ3v) is 3.99. The van der Waals surface area contributed by atoms with E-state index in [2.05, 4.69) is 18.3 Å². The van der Waals surface area contributed by atoms with E-state index >= 15 is 0 Å². The molecular weight excluding hydrogens is 331 g/mol. The van der Waals surface area contributed by atoms with Gasteiger partial charge in [0, 0.05) is 0 Å². The molecule has 0 saturated heterocycles. The van der Waals surface area contributed by atoms with Crippen molar-refractivity contribution in [3.8, 4) is 0 Å². The molecule has 5 nitrogen and oxygen atoms in total. The quantitative estimate of drug-likeness (QED) is 0.726. The van der Waals surface area contributed by atoms with E-state index in [-0.39, 0.29) is 20.9 Å². The number of carbonyl (C=O) groups is 1. The first-order valence-electron chi connectivity index (χ1n) is 5.38. The molecular formula is C12H7ClN4OSe. The van der Waals surface area contributed by atoms with Gasteiger partial charge in [-0.05, 0) is 0 Å². The molecule has 0 radical (unpaired) electrons. The maximum atomic E-state index is 12.1. The first kappa shape index (κ1) is 12.3. The summed E-state index contributed by atoms with van der Waals surface area (Å²) >= 11 is 5.81. The standard InChI is InChI=1S/C12H7ClN4OSe/c13-8-6-14-5-4-7(8)12(18)15-9-2-1-3-10-11(9)17-19-16-10/h1-6H,(H,15,18). The van der Waals surface area contributed by atoms with Crippen LogP contribution in [-0.4, -0.2) is 33.8 Å². The Labute approximate surface area is 119 Å². The number of benzene rings is 1. The van der Waals surface area contributed by atoms with Crippen LogP contribution >= 0.6 is 11.6 Å². The van der Waals surface area contributed by atoms with Crippen LogP contribution in [0.5, 0.6) is 0 Å². The summed E-state index contributed by atoms with van der Waals surface area (Å²) in [6, 6.07) is 7.09. The fourth-order valence-electron chi connectivity index (χ4n) is 1.66. The zero-order chi connectivity index (χ0) is 13.2. The number of nitrogens with zero attached hydrogens (tertiary/aromatic N) is 3. The summed E-state index contributed by atoms with van der Waals surface area (Å²) in [5.41, 5.74) is 2.59. The van der Waals surface area contributed by atoms with Crippen LogP contribution in [0.1, 0.15) is 10.4 Å². The molecule has 3 aromatic rings. The van der Waals surface area contributed by atoms with Gasteiger partial charge in [-0.15, -0.1) is 0 Å². The molecule has 0 spiro atoms. The minimum atomic E-state index is -0.282. The summed E-state index contributed by atoms with van der Waals surface area (Å²) in [6.07, 6.45) is 2.97. The summed E-state index contributed by atoms with van der Waals surface area (Å²) in [4.78, 5) is 16.0. The predicted octanol–water partition coefficient (Wildman–Crippen LogP) is 1.99. The van der Waals surface area contributed by atoms with Crippen LogP contribution in [0.15, 0.2) is 36.7 Å². The summed E-state index contributed by atoms with van der Waals surface area (Å²) in [5.74, 6) is -0.282. The zero-order valence-electron chi connectivity index (χ0n) is 9.50. The van der Waals surface area contributed by atoms with Gasteiger partial charge in [0.25, 0.3) is 0 Å². The van der Waals surface area contributed by atoms with E-state index in [1.165, 1.54) is 12.4 Å². The molecule has 0 aliphatic carbocycles. The van der Waals surface area contributed by atoms with Gasteiger partial charge < -0.3 is 0 Å². The predicted molar refractivity (Wildman–Crippen MR) is 73.7 cm³/mol. The molecule has 0 bridgehead atoms. The molecule has 7 heteroatoms. The fraction of sp³-hybridized carbons (Fsp3) is 0. The van der Waals surface area contributed by atoms with E-state index in [9.17, 15) is 4.79 Å². The molecule has 94 valence electrons. The van der Waals surface area contributed by atoms with E-state index in [1.807, 2.05) is 12.1 Å². The molecule has 3 rings (SSSR count).